The minimum absolute atomic E-state index is 0.0808. The van der Waals surface area contributed by atoms with E-state index in [0.29, 0.717) is 19.5 Å². The molecule has 4 aromatic heterocycles. The average molecular weight is 1550 g/mol. The van der Waals surface area contributed by atoms with Crippen molar-refractivity contribution in [2.45, 2.75) is 200 Å². The number of aliphatic hydroxyl groups is 11. The molecule has 7 rings (SSSR count). The number of imidazole rings is 1. The van der Waals surface area contributed by atoms with Crippen molar-refractivity contribution < 1.29 is 128 Å². The topological polar surface area (TPSA) is 744 Å². The normalized spacial score (nSPS) is 27.5. The van der Waals surface area contributed by atoms with Gasteiger partial charge in [-0.15, -0.1) is 22.7 Å². The summed E-state index contributed by atoms with van der Waals surface area (Å²) < 4.78 is 40.3. The molecule has 4 aromatic rings. The first-order valence-corrected chi connectivity index (χ1v) is 34.6. The van der Waals surface area contributed by atoms with Crippen molar-refractivity contribution in [1.82, 2.24) is 67.1 Å². The number of aromatic nitrogens is 6. The number of thiazole rings is 2. The minimum Gasteiger partial charge on any atom is -0.441 e. The first kappa shape index (κ1) is 85.3. The van der Waals surface area contributed by atoms with Crippen LogP contribution in [0.25, 0.3) is 10.7 Å². The number of H-pyrrole nitrogens is 1. The molecule has 590 valence electrons. The van der Waals surface area contributed by atoms with E-state index in [-0.39, 0.29) is 32.7 Å². The van der Waals surface area contributed by atoms with E-state index in [2.05, 4.69) is 67.1 Å². The Morgan fingerprint density at radius 1 is 0.736 bits per heavy atom. The zero-order valence-electron chi connectivity index (χ0n) is 57.5. The van der Waals surface area contributed by atoms with Gasteiger partial charge in [0.1, 0.15) is 112 Å². The van der Waals surface area contributed by atoms with Gasteiger partial charge in [0.15, 0.2) is 37.3 Å². The molecule has 31 N–H and O–H groups in total. The fraction of sp³-hybridized carbons (Fsp3) is 0.644. The minimum atomic E-state index is -2.26. The molecule has 3 saturated heterocycles. The quantitative estimate of drug-likeness (QED) is 0.0147. The molecule has 3 fully saturated rings. The number of ether oxygens (including phenoxy) is 7. The van der Waals surface area contributed by atoms with Gasteiger partial charge in [0, 0.05) is 35.8 Å². The average Bonchev–Trinajstić information content (AvgIpc) is 0.811. The standard InChI is InChI=1S/C59H91N19O26S2/c1-18-33(75-48(77-46(18)63)23(9-30(61)83)69-11-22(60)47(64)92)50(94)76-35(43(24-12-67-17-70-24)101-58-45(39(88)36(85)28(13-79)100-58)102-57-41(90)44(103-59(65)97)37(86)29(14-80)99-57)52(96)71-19(2)27(82)10-31(84)74-34(20(3)81)51(95)78-53(104-56-40(89)38(87)32(62)21(4)98-56)42(91)55-73-26(16-106-55)54-72-25(15-105-54)49(93)68-8-6-7-66-5/h12,15-17,19-23,27-29,32,34-45,53,56-58,66,69,79-82,85-91H,6-11,13-14,60,62H2,1-5H3,(H2,61,83)(H2,64,92)(H2,65,97)(H,67,70)(H,68,93)(H,71,96)(H,74,84)(H,76,94)(H,78,95)(H2,63,75,77)/t19-,20-,21?,22+,23+,27+,28?,29?,32?,34+,35+,36?,37?,38?,39?,40?,41?,42?,43+,44?,45?,53?,56?,57?,58?/m1/s1. The molecule has 0 spiro atoms. The Hall–Kier alpha value is -7.93. The lowest BCUT2D eigenvalue weighted by Gasteiger charge is -2.47. The van der Waals surface area contributed by atoms with Crippen LogP contribution in [0.4, 0.5) is 10.6 Å². The summed E-state index contributed by atoms with van der Waals surface area (Å²) in [5, 5.41) is 143. The number of nitrogens with one attached hydrogen (secondary N) is 8. The molecule has 0 aromatic carbocycles. The van der Waals surface area contributed by atoms with Gasteiger partial charge in [0.25, 0.3) is 11.8 Å². The van der Waals surface area contributed by atoms with E-state index in [1.54, 1.807) is 7.05 Å². The van der Waals surface area contributed by atoms with E-state index in [1.807, 2.05) is 0 Å². The van der Waals surface area contributed by atoms with Gasteiger partial charge in [-0.05, 0) is 47.7 Å². The van der Waals surface area contributed by atoms with Crippen molar-refractivity contribution >= 4 is 75.9 Å². The molecule has 47 heteroatoms. The van der Waals surface area contributed by atoms with Crippen LogP contribution in [0, 0.1) is 6.92 Å². The zero-order valence-corrected chi connectivity index (χ0v) is 59.1. The number of nitrogens with two attached hydrogens (primary N) is 6. The van der Waals surface area contributed by atoms with Crippen LogP contribution in [0.1, 0.15) is 101 Å². The number of amides is 8. The molecule has 7 heterocycles. The van der Waals surface area contributed by atoms with Crippen molar-refractivity contribution in [1.29, 1.82) is 0 Å². The van der Waals surface area contributed by atoms with Crippen LogP contribution in [0.15, 0.2) is 23.3 Å². The molecule has 3 aliphatic heterocycles. The summed E-state index contributed by atoms with van der Waals surface area (Å²) in [5.74, 6) is -8.28. The third-order valence-corrected chi connectivity index (χ3v) is 18.8. The number of primary amides is 3. The van der Waals surface area contributed by atoms with Gasteiger partial charge in [0.05, 0.1) is 80.3 Å². The highest BCUT2D eigenvalue weighted by Gasteiger charge is 2.54. The number of rotatable bonds is 37. The van der Waals surface area contributed by atoms with Crippen LogP contribution >= 0.6 is 22.7 Å². The molecule has 45 nitrogen and oxygen atoms in total. The molecular weight excluding hydrogens is 1450 g/mol. The lowest BCUT2D eigenvalue weighted by molar-refractivity contribution is -0.372. The van der Waals surface area contributed by atoms with Crippen molar-refractivity contribution in [2.24, 2.45) is 28.7 Å². The predicted molar refractivity (Wildman–Crippen MR) is 360 cm³/mol. The highest BCUT2D eigenvalue weighted by Crippen LogP contribution is 2.36. The Bertz CT molecular complexity index is 3610. The molecule has 0 bridgehead atoms. The van der Waals surface area contributed by atoms with Crippen molar-refractivity contribution in [3.05, 3.63) is 56.8 Å². The highest BCUT2D eigenvalue weighted by atomic mass is 32.1. The Kier molecular flexibility index (Phi) is 31.2. The Balaban J connectivity index is 1.18. The first-order chi connectivity index (χ1) is 50.1. The summed E-state index contributed by atoms with van der Waals surface area (Å²) in [6.45, 7) is 3.49. The summed E-state index contributed by atoms with van der Waals surface area (Å²) >= 11 is 1.90. The van der Waals surface area contributed by atoms with Crippen LogP contribution in [0.5, 0.6) is 0 Å². The summed E-state index contributed by atoms with van der Waals surface area (Å²) in [7, 11) is 1.77. The van der Waals surface area contributed by atoms with Gasteiger partial charge in [-0.2, -0.15) is 0 Å². The van der Waals surface area contributed by atoms with Gasteiger partial charge in [-0.1, -0.05) is 0 Å². The largest absolute Gasteiger partial charge is 0.441 e. The summed E-state index contributed by atoms with van der Waals surface area (Å²) in [6, 6.07) is -9.64. The molecule has 106 heavy (non-hydrogen) atoms. The van der Waals surface area contributed by atoms with Crippen LogP contribution in [0.2, 0.25) is 0 Å². The molecule has 3 aliphatic rings. The summed E-state index contributed by atoms with van der Waals surface area (Å²) in [5.41, 5.74) is 33.4. The second-order valence-electron chi connectivity index (χ2n) is 25.0. The van der Waals surface area contributed by atoms with E-state index < -0.39 is 250 Å². The second-order valence-corrected chi connectivity index (χ2v) is 26.7. The lowest BCUT2D eigenvalue weighted by Crippen LogP contribution is -2.65. The third-order valence-electron chi connectivity index (χ3n) is 17.1. The predicted octanol–water partition coefficient (Wildman–Crippen LogP) is -11.0. The Labute approximate surface area is 610 Å². The first-order valence-electron chi connectivity index (χ1n) is 32.8. The summed E-state index contributed by atoms with van der Waals surface area (Å²) in [6.07, 6.45) is -37.1. The van der Waals surface area contributed by atoms with Crippen LogP contribution in [-0.4, -0.2) is 308 Å². The van der Waals surface area contributed by atoms with E-state index >= 15 is 4.79 Å². The van der Waals surface area contributed by atoms with Gasteiger partial charge in [-0.3, -0.25) is 33.6 Å². The van der Waals surface area contributed by atoms with Crippen LogP contribution in [0.3, 0.4) is 0 Å². The number of anilines is 1. The van der Waals surface area contributed by atoms with Crippen molar-refractivity contribution in [3.8, 4) is 10.7 Å². The molecule has 0 aliphatic carbocycles. The fourth-order valence-electron chi connectivity index (χ4n) is 10.9. The number of aromatic amines is 1. The van der Waals surface area contributed by atoms with E-state index in [4.69, 9.17) is 67.6 Å². The maximum atomic E-state index is 15.3. The number of aliphatic hydroxyl groups excluding tert-OH is 11. The number of hydrogen-bond donors (Lipinski definition) is 25. The maximum absolute atomic E-state index is 15.3. The Morgan fingerprint density at radius 2 is 1.42 bits per heavy atom. The van der Waals surface area contributed by atoms with Gasteiger partial charge in [0.2, 0.25) is 29.5 Å². The Morgan fingerprint density at radius 3 is 2.05 bits per heavy atom. The second kappa shape index (κ2) is 38.7. The number of nitrogens with zero attached hydrogens (tertiary/aromatic N) is 5. The smallest absolute Gasteiger partial charge is 0.404 e. The maximum Gasteiger partial charge on any atom is 0.404 e. The highest BCUT2D eigenvalue weighted by molar-refractivity contribution is 7.14. The molecule has 0 saturated carbocycles. The van der Waals surface area contributed by atoms with Crippen LogP contribution < -0.4 is 71.6 Å². The van der Waals surface area contributed by atoms with Crippen molar-refractivity contribution in [3.63, 3.8) is 0 Å². The zero-order chi connectivity index (χ0) is 78.3. The van der Waals surface area contributed by atoms with Gasteiger partial charge in [-0.25, -0.2) is 29.7 Å². The van der Waals surface area contributed by atoms with Gasteiger partial charge >= 0.3 is 6.09 Å². The van der Waals surface area contributed by atoms with E-state index in [0.717, 1.165) is 49.0 Å². The fourth-order valence-corrected chi connectivity index (χ4v) is 12.5. The lowest BCUT2D eigenvalue weighted by atomic mass is 9.97. The monoisotopic (exact) mass is 1550 g/mol. The number of carbonyl (C=O) groups is 8. The third kappa shape index (κ3) is 21.7. The van der Waals surface area contributed by atoms with E-state index in [1.165, 1.54) is 24.6 Å². The van der Waals surface area contributed by atoms with Gasteiger partial charge < -0.3 is 166 Å². The SMILES string of the molecule is CNCCCNC(=O)c1csc(-c2csc(C(O)C(NC(=O)[C@@H](NC(=O)C[C@H](O)[C@@H](C)NC(=O)[C@@H](NC(=O)c3nc([C@H](CC(N)=O)NC[C@H](N)C(N)=O)nc(N)c3C)[C@@H](OC3OC(CO)C(O)C(O)C3OC3OC(CO)C(O)C(OC(N)=O)C3O)c3cnc[nH]3)[C@@H](C)O)OC3OC(C)C(N)C(O)C3O)n2)n1. The number of hydrogen-bond acceptors (Lipinski definition) is 38. The molecular formula is C59H91N19O26S2. The number of nitrogen functional groups attached to an aromatic ring is 1. The molecule has 25 atom stereocenters. The van der Waals surface area contributed by atoms with Crippen molar-refractivity contribution in [2.75, 3.05) is 45.6 Å². The van der Waals surface area contributed by atoms with E-state index in [9.17, 15) is 89.7 Å². The van der Waals surface area contributed by atoms with Crippen LogP contribution in [-0.2, 0) is 57.1 Å². The molecule has 17 unspecified atom stereocenters. The molecule has 8 amide bonds. The number of carbonyl (C=O) groups excluding carboxylic acids is 8. The summed E-state index contributed by atoms with van der Waals surface area (Å²) in [4.78, 5) is 132. The molecule has 0 radical (unpaired) electrons.